The van der Waals surface area contributed by atoms with Crippen LogP contribution in [0.1, 0.15) is 18.5 Å². The van der Waals surface area contributed by atoms with Crippen LogP contribution >= 0.6 is 23.5 Å². The van der Waals surface area contributed by atoms with E-state index in [1.807, 2.05) is 0 Å². The number of nitrogens with one attached hydrogen (secondary N) is 2. The maximum atomic E-state index is 13.0. The standard InChI is InChI=1S/C13H17F3N4S2/c14-13(15,16)10-5-11(17-8-1-3-21-6-8)20-12(19-10)18-9-2-4-22-7-9/h5,8-9H,1-4,6-7H2,(H2,17,18,19,20)/t8-,9+/m1/s1. The molecule has 0 amide bonds. The van der Waals surface area contributed by atoms with E-state index in [4.69, 9.17) is 0 Å². The van der Waals surface area contributed by atoms with Crippen LogP contribution in [0.5, 0.6) is 0 Å². The molecule has 2 fully saturated rings. The van der Waals surface area contributed by atoms with Gasteiger partial charge in [0.15, 0.2) is 5.69 Å². The molecule has 2 atom stereocenters. The van der Waals surface area contributed by atoms with E-state index in [9.17, 15) is 13.2 Å². The Bertz CT molecular complexity index is 478. The molecule has 4 nitrogen and oxygen atoms in total. The van der Waals surface area contributed by atoms with Gasteiger partial charge in [0, 0.05) is 29.7 Å². The molecule has 22 heavy (non-hydrogen) atoms. The molecule has 1 aromatic rings. The Labute approximate surface area is 135 Å². The van der Waals surface area contributed by atoms with Crippen molar-refractivity contribution in [1.82, 2.24) is 9.97 Å². The minimum Gasteiger partial charge on any atom is -0.366 e. The summed E-state index contributed by atoms with van der Waals surface area (Å²) in [7, 11) is 0. The first-order valence-electron chi connectivity index (χ1n) is 7.15. The van der Waals surface area contributed by atoms with Gasteiger partial charge in [-0.3, -0.25) is 0 Å². The van der Waals surface area contributed by atoms with Crippen molar-refractivity contribution in [2.24, 2.45) is 0 Å². The summed E-state index contributed by atoms with van der Waals surface area (Å²) < 4.78 is 39.1. The zero-order chi connectivity index (χ0) is 15.6. The molecule has 0 spiro atoms. The molecule has 1 aromatic heterocycles. The summed E-state index contributed by atoms with van der Waals surface area (Å²) in [5.41, 5.74) is -0.899. The molecular weight excluding hydrogens is 333 g/mol. The largest absolute Gasteiger partial charge is 0.433 e. The van der Waals surface area contributed by atoms with E-state index in [1.54, 1.807) is 23.5 Å². The van der Waals surface area contributed by atoms with Crippen LogP contribution in [0.4, 0.5) is 24.9 Å². The number of alkyl halides is 3. The number of hydrogen-bond acceptors (Lipinski definition) is 6. The molecule has 3 rings (SSSR count). The van der Waals surface area contributed by atoms with Gasteiger partial charge in [0.25, 0.3) is 0 Å². The average molecular weight is 350 g/mol. The van der Waals surface area contributed by atoms with Crippen LogP contribution in [0, 0.1) is 0 Å². The summed E-state index contributed by atoms with van der Waals surface area (Å²) >= 11 is 3.58. The fourth-order valence-corrected chi connectivity index (χ4v) is 4.72. The highest BCUT2D eigenvalue weighted by Gasteiger charge is 2.34. The normalized spacial score (nSPS) is 25.4. The van der Waals surface area contributed by atoms with Crippen LogP contribution < -0.4 is 10.6 Å². The van der Waals surface area contributed by atoms with E-state index in [0.29, 0.717) is 0 Å². The first kappa shape index (κ1) is 16.0. The maximum Gasteiger partial charge on any atom is 0.433 e. The van der Waals surface area contributed by atoms with E-state index in [0.717, 1.165) is 41.9 Å². The Balaban J connectivity index is 1.80. The third-order valence-corrected chi connectivity index (χ3v) is 5.89. The number of rotatable bonds is 4. The third-order valence-electron chi connectivity index (χ3n) is 3.56. The van der Waals surface area contributed by atoms with E-state index in [-0.39, 0.29) is 23.8 Å². The molecule has 3 heterocycles. The molecular formula is C13H17F3N4S2. The molecule has 2 aliphatic heterocycles. The minimum absolute atomic E-state index is 0.0653. The highest BCUT2D eigenvalue weighted by molar-refractivity contribution is 7.99. The number of halogens is 3. The lowest BCUT2D eigenvalue weighted by Crippen LogP contribution is -2.24. The lowest BCUT2D eigenvalue weighted by atomic mass is 10.2. The number of hydrogen-bond donors (Lipinski definition) is 2. The summed E-state index contributed by atoms with van der Waals surface area (Å²) in [6.07, 6.45) is -2.60. The van der Waals surface area contributed by atoms with Gasteiger partial charge in [0.2, 0.25) is 5.95 Å². The SMILES string of the molecule is FC(F)(F)c1cc(N[C@@H]2CCSC2)nc(N[C@H]2CCSC2)n1. The summed E-state index contributed by atoms with van der Waals surface area (Å²) in [5, 5.41) is 6.13. The molecule has 9 heteroatoms. The maximum absolute atomic E-state index is 13.0. The Morgan fingerprint density at radius 3 is 2.18 bits per heavy atom. The number of anilines is 2. The molecule has 0 aromatic carbocycles. The first-order chi connectivity index (χ1) is 10.5. The van der Waals surface area contributed by atoms with Gasteiger partial charge in [-0.2, -0.15) is 41.7 Å². The summed E-state index contributed by atoms with van der Waals surface area (Å²) in [6.45, 7) is 0. The fraction of sp³-hybridized carbons (Fsp3) is 0.692. The minimum atomic E-state index is -4.47. The Kier molecular flexibility index (Phi) is 4.91. The molecule has 0 aliphatic carbocycles. The van der Waals surface area contributed by atoms with Crippen LogP contribution in [0.25, 0.3) is 0 Å². The molecule has 0 unspecified atom stereocenters. The van der Waals surface area contributed by atoms with Crippen molar-refractivity contribution in [2.75, 3.05) is 33.6 Å². The van der Waals surface area contributed by atoms with Crippen LogP contribution in [-0.2, 0) is 6.18 Å². The van der Waals surface area contributed by atoms with Crippen molar-refractivity contribution < 1.29 is 13.2 Å². The Morgan fingerprint density at radius 2 is 1.64 bits per heavy atom. The van der Waals surface area contributed by atoms with Gasteiger partial charge in [0.05, 0.1) is 0 Å². The molecule has 2 saturated heterocycles. The first-order valence-corrected chi connectivity index (χ1v) is 9.46. The molecule has 2 N–H and O–H groups in total. The van der Waals surface area contributed by atoms with E-state index < -0.39 is 11.9 Å². The van der Waals surface area contributed by atoms with E-state index >= 15 is 0 Å². The second kappa shape index (κ2) is 6.74. The second-order valence-corrected chi connectivity index (χ2v) is 7.67. The zero-order valence-corrected chi connectivity index (χ0v) is 13.5. The van der Waals surface area contributed by atoms with Crippen molar-refractivity contribution in [2.45, 2.75) is 31.1 Å². The van der Waals surface area contributed by atoms with Crippen LogP contribution in [0.3, 0.4) is 0 Å². The monoisotopic (exact) mass is 350 g/mol. The molecule has 0 saturated carbocycles. The summed E-state index contributed by atoms with van der Waals surface area (Å²) in [5.74, 6) is 4.13. The Morgan fingerprint density at radius 1 is 1.00 bits per heavy atom. The zero-order valence-electron chi connectivity index (χ0n) is 11.8. The van der Waals surface area contributed by atoms with Crippen LogP contribution in [0.15, 0.2) is 6.07 Å². The predicted molar refractivity (Wildman–Crippen MR) is 85.7 cm³/mol. The van der Waals surface area contributed by atoms with Crippen molar-refractivity contribution in [1.29, 1.82) is 0 Å². The number of nitrogens with zero attached hydrogens (tertiary/aromatic N) is 2. The van der Waals surface area contributed by atoms with Gasteiger partial charge < -0.3 is 10.6 Å². The van der Waals surface area contributed by atoms with E-state index in [1.165, 1.54) is 0 Å². The second-order valence-electron chi connectivity index (χ2n) is 5.37. The average Bonchev–Trinajstić information content (AvgIpc) is 3.11. The highest BCUT2D eigenvalue weighted by Crippen LogP contribution is 2.31. The van der Waals surface area contributed by atoms with Crippen molar-refractivity contribution in [3.8, 4) is 0 Å². The topological polar surface area (TPSA) is 49.8 Å². The molecule has 122 valence electrons. The Hall–Kier alpha value is -0.830. The van der Waals surface area contributed by atoms with Gasteiger partial charge >= 0.3 is 6.18 Å². The lowest BCUT2D eigenvalue weighted by Gasteiger charge is -2.17. The summed E-state index contributed by atoms with van der Waals surface area (Å²) in [6, 6.07) is 1.32. The van der Waals surface area contributed by atoms with Gasteiger partial charge in [-0.05, 0) is 24.3 Å². The van der Waals surface area contributed by atoms with Crippen LogP contribution in [-0.4, -0.2) is 45.1 Å². The number of thioether (sulfide) groups is 2. The van der Waals surface area contributed by atoms with Gasteiger partial charge in [-0.15, -0.1) is 0 Å². The van der Waals surface area contributed by atoms with Crippen molar-refractivity contribution in [3.05, 3.63) is 11.8 Å². The van der Waals surface area contributed by atoms with Crippen LogP contribution in [0.2, 0.25) is 0 Å². The predicted octanol–water partition coefficient (Wildman–Crippen LogP) is 3.33. The van der Waals surface area contributed by atoms with Gasteiger partial charge in [-0.25, -0.2) is 4.98 Å². The van der Waals surface area contributed by atoms with Gasteiger partial charge in [-0.1, -0.05) is 0 Å². The lowest BCUT2D eigenvalue weighted by molar-refractivity contribution is -0.141. The smallest absolute Gasteiger partial charge is 0.366 e. The van der Waals surface area contributed by atoms with E-state index in [2.05, 4.69) is 20.6 Å². The highest BCUT2D eigenvalue weighted by atomic mass is 32.2. The summed E-state index contributed by atoms with van der Waals surface area (Å²) in [4.78, 5) is 7.86. The van der Waals surface area contributed by atoms with Crippen molar-refractivity contribution in [3.63, 3.8) is 0 Å². The third kappa shape index (κ3) is 4.13. The van der Waals surface area contributed by atoms with Crippen molar-refractivity contribution >= 4 is 35.3 Å². The number of aromatic nitrogens is 2. The molecule has 2 aliphatic rings. The van der Waals surface area contributed by atoms with Gasteiger partial charge in [0.1, 0.15) is 5.82 Å². The quantitative estimate of drug-likeness (QED) is 0.869. The molecule has 0 radical (unpaired) electrons. The fourth-order valence-electron chi connectivity index (χ4n) is 2.42. The molecule has 0 bridgehead atoms.